The molecule has 4 heteroatoms. The minimum Gasteiger partial charge on any atom is -0.389 e. The first-order chi connectivity index (χ1) is 9.20. The Hall–Kier alpha value is -1.10. The maximum atomic E-state index is 9.56. The SMILES string of the molecule is COCC(O)CNCc1ccc2c(c1)CCCN2C. The number of aryl methyl sites for hydroxylation is 1. The molecule has 0 fully saturated rings. The summed E-state index contributed by atoms with van der Waals surface area (Å²) in [5, 5.41) is 12.8. The Morgan fingerprint density at radius 2 is 2.32 bits per heavy atom. The molecule has 1 aliphatic heterocycles. The number of ether oxygens (including phenoxy) is 1. The van der Waals surface area contributed by atoms with Crippen molar-refractivity contribution in [1.82, 2.24) is 5.32 Å². The number of hydrogen-bond acceptors (Lipinski definition) is 4. The Labute approximate surface area is 115 Å². The molecule has 0 saturated carbocycles. The molecule has 0 aliphatic carbocycles. The van der Waals surface area contributed by atoms with Crippen molar-refractivity contribution < 1.29 is 9.84 Å². The first kappa shape index (κ1) is 14.3. The van der Waals surface area contributed by atoms with Crippen molar-refractivity contribution in [2.24, 2.45) is 0 Å². The van der Waals surface area contributed by atoms with Crippen LogP contribution in [0, 0.1) is 0 Å². The fourth-order valence-electron chi connectivity index (χ4n) is 2.58. The van der Waals surface area contributed by atoms with E-state index >= 15 is 0 Å². The number of rotatable bonds is 6. The Kier molecular flexibility index (Phi) is 5.19. The quantitative estimate of drug-likeness (QED) is 0.809. The monoisotopic (exact) mass is 264 g/mol. The van der Waals surface area contributed by atoms with Crippen LogP contribution in [0.2, 0.25) is 0 Å². The largest absolute Gasteiger partial charge is 0.389 e. The lowest BCUT2D eigenvalue weighted by molar-refractivity contribution is 0.0644. The summed E-state index contributed by atoms with van der Waals surface area (Å²) in [7, 11) is 3.75. The van der Waals surface area contributed by atoms with Gasteiger partial charge in [0.1, 0.15) is 0 Å². The van der Waals surface area contributed by atoms with Crippen molar-refractivity contribution in [3.05, 3.63) is 29.3 Å². The summed E-state index contributed by atoms with van der Waals surface area (Å²) in [6.45, 7) is 2.87. The summed E-state index contributed by atoms with van der Waals surface area (Å²) in [6.07, 6.45) is 1.96. The zero-order valence-corrected chi connectivity index (χ0v) is 11.9. The summed E-state index contributed by atoms with van der Waals surface area (Å²) in [5.41, 5.74) is 4.07. The third-order valence-electron chi connectivity index (χ3n) is 3.56. The summed E-state index contributed by atoms with van der Waals surface area (Å²) in [5.74, 6) is 0. The van der Waals surface area contributed by atoms with Gasteiger partial charge in [-0.3, -0.25) is 0 Å². The number of hydrogen-bond donors (Lipinski definition) is 2. The van der Waals surface area contributed by atoms with Crippen LogP contribution in [0.3, 0.4) is 0 Å². The minimum atomic E-state index is -0.436. The van der Waals surface area contributed by atoms with Gasteiger partial charge in [-0.2, -0.15) is 0 Å². The van der Waals surface area contributed by atoms with E-state index in [4.69, 9.17) is 4.74 Å². The summed E-state index contributed by atoms with van der Waals surface area (Å²) >= 11 is 0. The van der Waals surface area contributed by atoms with E-state index in [1.807, 2.05) is 0 Å². The number of anilines is 1. The van der Waals surface area contributed by atoms with E-state index in [1.165, 1.54) is 29.7 Å². The molecular formula is C15H24N2O2. The number of nitrogens with one attached hydrogen (secondary N) is 1. The van der Waals surface area contributed by atoms with Gasteiger partial charge in [-0.1, -0.05) is 12.1 Å². The second-order valence-electron chi connectivity index (χ2n) is 5.23. The highest BCUT2D eigenvalue weighted by atomic mass is 16.5. The van der Waals surface area contributed by atoms with Crippen LogP contribution < -0.4 is 10.2 Å². The molecule has 0 spiro atoms. The van der Waals surface area contributed by atoms with Crippen molar-refractivity contribution in [1.29, 1.82) is 0 Å². The van der Waals surface area contributed by atoms with Crippen molar-refractivity contribution in [3.8, 4) is 0 Å². The minimum absolute atomic E-state index is 0.377. The first-order valence-corrected chi connectivity index (χ1v) is 6.91. The second kappa shape index (κ2) is 6.89. The molecule has 1 aromatic carbocycles. The molecule has 1 aliphatic rings. The lowest BCUT2D eigenvalue weighted by Crippen LogP contribution is -2.30. The number of benzene rings is 1. The molecule has 0 aromatic heterocycles. The van der Waals surface area contributed by atoms with Gasteiger partial charge >= 0.3 is 0 Å². The van der Waals surface area contributed by atoms with Crippen molar-refractivity contribution in [2.75, 3.05) is 38.8 Å². The van der Waals surface area contributed by atoms with Gasteiger partial charge in [-0.25, -0.2) is 0 Å². The van der Waals surface area contributed by atoms with Crippen LogP contribution in [0.15, 0.2) is 18.2 Å². The number of aliphatic hydroxyl groups is 1. The number of nitrogens with zero attached hydrogens (tertiary/aromatic N) is 1. The fourth-order valence-corrected chi connectivity index (χ4v) is 2.58. The zero-order chi connectivity index (χ0) is 13.7. The molecule has 0 amide bonds. The Morgan fingerprint density at radius 3 is 3.11 bits per heavy atom. The number of fused-ring (bicyclic) bond motifs is 1. The third-order valence-corrected chi connectivity index (χ3v) is 3.56. The molecular weight excluding hydrogens is 240 g/mol. The van der Waals surface area contributed by atoms with E-state index in [9.17, 15) is 5.11 Å². The fraction of sp³-hybridized carbons (Fsp3) is 0.600. The van der Waals surface area contributed by atoms with Crippen molar-refractivity contribution >= 4 is 5.69 Å². The topological polar surface area (TPSA) is 44.7 Å². The second-order valence-corrected chi connectivity index (χ2v) is 5.23. The molecule has 2 N–H and O–H groups in total. The molecule has 0 bridgehead atoms. The van der Waals surface area contributed by atoms with Crippen LogP contribution in [-0.4, -0.2) is 45.1 Å². The Balaban J connectivity index is 1.88. The van der Waals surface area contributed by atoms with Gasteiger partial charge < -0.3 is 20.1 Å². The van der Waals surface area contributed by atoms with Crippen molar-refractivity contribution in [2.45, 2.75) is 25.5 Å². The smallest absolute Gasteiger partial charge is 0.0897 e. The standard InChI is InChI=1S/C15H24N2O2/c1-17-7-3-4-13-8-12(5-6-15(13)17)9-16-10-14(18)11-19-2/h5-6,8,14,16,18H,3-4,7,9-11H2,1-2H3. The first-order valence-electron chi connectivity index (χ1n) is 6.91. The third kappa shape index (κ3) is 3.93. The predicted molar refractivity (Wildman–Crippen MR) is 77.6 cm³/mol. The lowest BCUT2D eigenvalue weighted by Gasteiger charge is -2.27. The van der Waals surface area contributed by atoms with Gasteiger partial charge in [0.25, 0.3) is 0 Å². The van der Waals surface area contributed by atoms with Crippen LogP contribution in [0.1, 0.15) is 17.5 Å². The highest BCUT2D eigenvalue weighted by molar-refractivity contribution is 5.56. The van der Waals surface area contributed by atoms with Gasteiger partial charge in [0.15, 0.2) is 0 Å². The Bertz CT molecular complexity index is 409. The zero-order valence-electron chi connectivity index (χ0n) is 11.9. The van der Waals surface area contributed by atoms with Gasteiger partial charge in [0.2, 0.25) is 0 Å². The van der Waals surface area contributed by atoms with Gasteiger partial charge in [-0.15, -0.1) is 0 Å². The van der Waals surface area contributed by atoms with Gasteiger partial charge in [0.05, 0.1) is 12.7 Å². The molecule has 1 unspecified atom stereocenters. The number of methoxy groups -OCH3 is 1. The molecule has 106 valence electrons. The van der Waals surface area contributed by atoms with E-state index in [0.717, 1.165) is 13.1 Å². The maximum Gasteiger partial charge on any atom is 0.0897 e. The van der Waals surface area contributed by atoms with E-state index in [0.29, 0.717) is 13.2 Å². The summed E-state index contributed by atoms with van der Waals surface area (Å²) < 4.78 is 4.90. The highest BCUT2D eigenvalue weighted by Gasteiger charge is 2.13. The highest BCUT2D eigenvalue weighted by Crippen LogP contribution is 2.26. The molecule has 4 nitrogen and oxygen atoms in total. The van der Waals surface area contributed by atoms with Crippen LogP contribution >= 0.6 is 0 Å². The van der Waals surface area contributed by atoms with Crippen molar-refractivity contribution in [3.63, 3.8) is 0 Å². The van der Waals surface area contributed by atoms with E-state index in [1.54, 1.807) is 7.11 Å². The van der Waals surface area contributed by atoms with Gasteiger partial charge in [-0.05, 0) is 30.0 Å². The molecule has 1 aromatic rings. The molecule has 19 heavy (non-hydrogen) atoms. The molecule has 1 heterocycles. The van der Waals surface area contributed by atoms with Crippen LogP contribution in [0.5, 0.6) is 0 Å². The van der Waals surface area contributed by atoms with Crippen LogP contribution in [0.25, 0.3) is 0 Å². The normalized spacial score (nSPS) is 16.3. The van der Waals surface area contributed by atoms with E-state index in [-0.39, 0.29) is 0 Å². The Morgan fingerprint density at radius 1 is 1.47 bits per heavy atom. The molecule has 0 radical (unpaired) electrons. The maximum absolute atomic E-state index is 9.56. The molecule has 0 saturated heterocycles. The number of aliphatic hydroxyl groups excluding tert-OH is 1. The van der Waals surface area contributed by atoms with E-state index < -0.39 is 6.10 Å². The molecule has 2 rings (SSSR count). The lowest BCUT2D eigenvalue weighted by atomic mass is 9.99. The van der Waals surface area contributed by atoms with E-state index in [2.05, 4.69) is 35.5 Å². The van der Waals surface area contributed by atoms with Crippen LogP contribution in [-0.2, 0) is 17.7 Å². The van der Waals surface area contributed by atoms with Gasteiger partial charge in [0, 0.05) is 39.5 Å². The average Bonchev–Trinajstić information content (AvgIpc) is 2.39. The molecule has 1 atom stereocenters. The predicted octanol–water partition coefficient (Wildman–Crippen LogP) is 1.17. The summed E-state index contributed by atoms with van der Waals surface area (Å²) in [4.78, 5) is 2.32. The summed E-state index contributed by atoms with van der Waals surface area (Å²) in [6, 6.07) is 6.65. The average molecular weight is 264 g/mol. The van der Waals surface area contributed by atoms with Crippen LogP contribution in [0.4, 0.5) is 5.69 Å².